The van der Waals surface area contributed by atoms with E-state index in [2.05, 4.69) is 10.1 Å². The molecule has 1 amide bonds. The van der Waals surface area contributed by atoms with Gasteiger partial charge in [0.25, 0.3) is 0 Å². The molecule has 2 rings (SSSR count). The van der Waals surface area contributed by atoms with E-state index in [1.807, 2.05) is 0 Å². The Bertz CT molecular complexity index is 548. The number of hydrogen-bond acceptors (Lipinski definition) is 3. The minimum Gasteiger partial charge on any atom is -0.484 e. The number of rotatable bonds is 6. The number of halogens is 3. The highest BCUT2D eigenvalue weighted by Gasteiger charge is 2.28. The van der Waals surface area contributed by atoms with Gasteiger partial charge in [-0.25, -0.2) is 0 Å². The van der Waals surface area contributed by atoms with E-state index in [-0.39, 0.29) is 30.1 Å². The van der Waals surface area contributed by atoms with E-state index in [0.29, 0.717) is 12.1 Å². The summed E-state index contributed by atoms with van der Waals surface area (Å²) in [5, 5.41) is 12.7. The fourth-order valence-electron chi connectivity index (χ4n) is 2.83. The number of ether oxygens (including phenoxy) is 1. The van der Waals surface area contributed by atoms with Crippen LogP contribution in [-0.2, 0) is 11.2 Å². The normalized spacial score (nSPS) is 21.3. The number of carbonyl (C=O) groups is 1. The van der Waals surface area contributed by atoms with Gasteiger partial charge in [0.15, 0.2) is 6.61 Å². The van der Waals surface area contributed by atoms with Gasteiger partial charge in [0.2, 0.25) is 5.91 Å². The van der Waals surface area contributed by atoms with Gasteiger partial charge in [-0.3, -0.25) is 4.79 Å². The minimum atomic E-state index is -4.39. The van der Waals surface area contributed by atoms with Crippen molar-refractivity contribution >= 4 is 5.91 Å². The van der Waals surface area contributed by atoms with Crippen LogP contribution in [0.1, 0.15) is 31.2 Å². The van der Waals surface area contributed by atoms with Gasteiger partial charge in [-0.1, -0.05) is 25.0 Å². The second-order valence-corrected chi connectivity index (χ2v) is 6.14. The highest BCUT2D eigenvalue weighted by atomic mass is 19.4. The molecule has 1 aromatic rings. The zero-order valence-electron chi connectivity index (χ0n) is 13.3. The smallest absolute Gasteiger partial charge is 0.422 e. The second kappa shape index (κ2) is 8.37. The number of aliphatic hydroxyl groups is 1. The fourth-order valence-corrected chi connectivity index (χ4v) is 2.83. The highest BCUT2D eigenvalue weighted by molar-refractivity contribution is 5.78. The van der Waals surface area contributed by atoms with Crippen molar-refractivity contribution in [2.45, 2.75) is 44.4 Å². The van der Waals surface area contributed by atoms with E-state index >= 15 is 0 Å². The number of alkyl halides is 3. The summed E-state index contributed by atoms with van der Waals surface area (Å²) in [7, 11) is 0. The van der Waals surface area contributed by atoms with Crippen LogP contribution in [0.25, 0.3) is 0 Å². The van der Waals surface area contributed by atoms with Crippen molar-refractivity contribution in [2.24, 2.45) is 5.92 Å². The molecule has 0 saturated heterocycles. The maximum atomic E-state index is 12.2. The zero-order chi connectivity index (χ0) is 17.6. The molecule has 1 aliphatic rings. The molecule has 1 aliphatic carbocycles. The molecule has 0 aliphatic heterocycles. The molecule has 24 heavy (non-hydrogen) atoms. The van der Waals surface area contributed by atoms with E-state index in [0.717, 1.165) is 25.7 Å². The van der Waals surface area contributed by atoms with Crippen LogP contribution in [0.15, 0.2) is 24.3 Å². The summed E-state index contributed by atoms with van der Waals surface area (Å²) in [6.07, 6.45) is -0.994. The molecule has 1 saturated carbocycles. The van der Waals surface area contributed by atoms with Crippen molar-refractivity contribution in [3.05, 3.63) is 29.8 Å². The lowest BCUT2D eigenvalue weighted by atomic mass is 9.86. The summed E-state index contributed by atoms with van der Waals surface area (Å²) >= 11 is 0. The van der Waals surface area contributed by atoms with E-state index in [4.69, 9.17) is 0 Å². The molecule has 0 aromatic heterocycles. The predicted octanol–water partition coefficient (Wildman–Crippen LogP) is 2.84. The van der Waals surface area contributed by atoms with Gasteiger partial charge < -0.3 is 15.2 Å². The molecular weight excluding hydrogens is 323 g/mol. The van der Waals surface area contributed by atoms with Crippen LogP contribution in [-0.4, -0.2) is 36.4 Å². The quantitative estimate of drug-likeness (QED) is 0.834. The molecular formula is C17H22F3NO3. The van der Waals surface area contributed by atoms with Crippen molar-refractivity contribution in [3.63, 3.8) is 0 Å². The first kappa shape index (κ1) is 18.6. The van der Waals surface area contributed by atoms with Crippen LogP contribution in [0.3, 0.4) is 0 Å². The molecule has 2 N–H and O–H groups in total. The van der Waals surface area contributed by atoms with E-state index in [1.54, 1.807) is 12.1 Å². The molecule has 0 spiro atoms. The predicted molar refractivity (Wildman–Crippen MR) is 82.7 cm³/mol. The molecule has 1 aromatic carbocycles. The van der Waals surface area contributed by atoms with Crippen molar-refractivity contribution in [2.75, 3.05) is 13.2 Å². The lowest BCUT2D eigenvalue weighted by molar-refractivity contribution is -0.153. The summed E-state index contributed by atoms with van der Waals surface area (Å²) in [4.78, 5) is 12.0. The Morgan fingerprint density at radius 3 is 2.75 bits per heavy atom. The number of aliphatic hydroxyl groups excluding tert-OH is 1. The molecule has 0 radical (unpaired) electrons. The Balaban J connectivity index is 1.80. The molecule has 4 nitrogen and oxygen atoms in total. The fraction of sp³-hybridized carbons (Fsp3) is 0.588. The Kier molecular flexibility index (Phi) is 6.48. The SMILES string of the molecule is O=C(Cc1cccc(OCC(F)(F)F)c1)NC[C@H]1CCCC[C@@H]1O. The summed E-state index contributed by atoms with van der Waals surface area (Å²) in [5.74, 6) is -0.0646. The molecule has 0 bridgehead atoms. The van der Waals surface area contributed by atoms with Gasteiger partial charge in [-0.05, 0) is 30.5 Å². The number of carbonyl (C=O) groups excluding carboxylic acids is 1. The Morgan fingerprint density at radius 2 is 2.04 bits per heavy atom. The van der Waals surface area contributed by atoms with Gasteiger partial charge in [-0.2, -0.15) is 13.2 Å². The van der Waals surface area contributed by atoms with Crippen LogP contribution in [0.5, 0.6) is 5.75 Å². The molecule has 0 heterocycles. The first-order chi connectivity index (χ1) is 11.3. The zero-order valence-corrected chi connectivity index (χ0v) is 13.3. The molecule has 2 atom stereocenters. The average Bonchev–Trinajstić information content (AvgIpc) is 2.52. The maximum absolute atomic E-state index is 12.2. The van der Waals surface area contributed by atoms with Crippen LogP contribution in [0, 0.1) is 5.92 Å². The van der Waals surface area contributed by atoms with E-state index < -0.39 is 12.8 Å². The van der Waals surface area contributed by atoms with Gasteiger partial charge >= 0.3 is 6.18 Å². The van der Waals surface area contributed by atoms with Crippen molar-refractivity contribution in [3.8, 4) is 5.75 Å². The average molecular weight is 345 g/mol. The van der Waals surface area contributed by atoms with Gasteiger partial charge in [0.1, 0.15) is 5.75 Å². The van der Waals surface area contributed by atoms with E-state index in [1.165, 1.54) is 12.1 Å². The first-order valence-corrected chi connectivity index (χ1v) is 8.07. The number of amides is 1. The Hall–Kier alpha value is -1.76. The molecule has 7 heteroatoms. The number of benzene rings is 1. The lowest BCUT2D eigenvalue weighted by Gasteiger charge is -2.27. The van der Waals surface area contributed by atoms with Gasteiger partial charge in [-0.15, -0.1) is 0 Å². The van der Waals surface area contributed by atoms with Gasteiger partial charge in [0, 0.05) is 12.5 Å². The molecule has 0 unspecified atom stereocenters. The monoisotopic (exact) mass is 345 g/mol. The van der Waals surface area contributed by atoms with Crippen LogP contribution < -0.4 is 10.1 Å². The number of nitrogens with one attached hydrogen (secondary N) is 1. The Labute approximate surface area is 139 Å². The molecule has 1 fully saturated rings. The summed E-state index contributed by atoms with van der Waals surface area (Å²) in [6.45, 7) is -0.938. The molecule has 134 valence electrons. The lowest BCUT2D eigenvalue weighted by Crippen LogP contribution is -2.37. The van der Waals surface area contributed by atoms with Crippen LogP contribution in [0.4, 0.5) is 13.2 Å². The first-order valence-electron chi connectivity index (χ1n) is 8.07. The van der Waals surface area contributed by atoms with Crippen molar-refractivity contribution in [1.82, 2.24) is 5.32 Å². The van der Waals surface area contributed by atoms with Crippen LogP contribution >= 0.6 is 0 Å². The Morgan fingerprint density at radius 1 is 1.29 bits per heavy atom. The third kappa shape index (κ3) is 6.39. The van der Waals surface area contributed by atoms with Crippen molar-refractivity contribution in [1.29, 1.82) is 0 Å². The maximum Gasteiger partial charge on any atom is 0.422 e. The summed E-state index contributed by atoms with van der Waals surface area (Å²) in [6, 6.07) is 6.07. The highest BCUT2D eigenvalue weighted by Crippen LogP contribution is 2.23. The van der Waals surface area contributed by atoms with Crippen LogP contribution in [0.2, 0.25) is 0 Å². The van der Waals surface area contributed by atoms with Crippen molar-refractivity contribution < 1.29 is 27.8 Å². The third-order valence-electron chi connectivity index (χ3n) is 4.10. The number of hydrogen-bond donors (Lipinski definition) is 2. The summed E-state index contributed by atoms with van der Waals surface area (Å²) < 4.78 is 41.1. The standard InChI is InChI=1S/C17H22F3NO3/c18-17(19,20)11-24-14-6-3-4-12(8-14)9-16(23)21-10-13-5-1-2-7-15(13)22/h3-4,6,8,13,15,22H,1-2,5,7,9-11H2,(H,21,23)/t13-,15+/m1/s1. The third-order valence-corrected chi connectivity index (χ3v) is 4.10. The minimum absolute atomic E-state index is 0.0615. The summed E-state index contributed by atoms with van der Waals surface area (Å²) in [5.41, 5.74) is 0.580. The topological polar surface area (TPSA) is 58.6 Å². The largest absolute Gasteiger partial charge is 0.484 e. The second-order valence-electron chi connectivity index (χ2n) is 6.14. The van der Waals surface area contributed by atoms with E-state index in [9.17, 15) is 23.1 Å². The van der Waals surface area contributed by atoms with Gasteiger partial charge in [0.05, 0.1) is 12.5 Å².